The number of carbonyl (C=O) groups excluding carboxylic acids is 2. The Labute approximate surface area is 190 Å². The molecular weight excluding hydrogens is 432 g/mol. The maximum atomic E-state index is 12.7. The first-order chi connectivity index (χ1) is 15.4. The predicted molar refractivity (Wildman–Crippen MR) is 122 cm³/mol. The zero-order valence-electron chi connectivity index (χ0n) is 17.9. The summed E-state index contributed by atoms with van der Waals surface area (Å²) in [6, 6.07) is 13.7. The minimum absolute atomic E-state index is 0.386. The van der Waals surface area contributed by atoms with Crippen LogP contribution in [0.25, 0.3) is 0 Å². The summed E-state index contributed by atoms with van der Waals surface area (Å²) >= 11 is 6.00. The smallest absolute Gasteiger partial charge is 0.325 e. The summed E-state index contributed by atoms with van der Waals surface area (Å²) in [7, 11) is 3.22. The zero-order valence-corrected chi connectivity index (χ0v) is 18.6. The number of ether oxygens (including phenoxy) is 1. The number of aliphatic imine (C=N–C) groups is 1. The Hall–Kier alpha value is -3.59. The highest BCUT2D eigenvalue weighted by Crippen LogP contribution is 2.25. The molecule has 0 spiro atoms. The van der Waals surface area contributed by atoms with Crippen molar-refractivity contribution in [2.75, 3.05) is 14.2 Å². The highest BCUT2D eigenvalue weighted by Gasteiger charge is 2.48. The normalized spacial score (nSPS) is 20.6. The Morgan fingerprint density at radius 3 is 2.53 bits per heavy atom. The number of hydrogen-bond acceptors (Lipinski definition) is 7. The fraction of sp³-hybridized carbons (Fsp3) is 0.273. The second kappa shape index (κ2) is 8.88. The van der Waals surface area contributed by atoms with Crippen molar-refractivity contribution in [1.29, 1.82) is 0 Å². The van der Waals surface area contributed by atoms with E-state index in [2.05, 4.69) is 20.8 Å². The maximum absolute atomic E-state index is 12.7. The molecule has 3 amide bonds. The molecule has 2 unspecified atom stereocenters. The van der Waals surface area contributed by atoms with Gasteiger partial charge in [-0.05, 0) is 54.4 Å². The first kappa shape index (κ1) is 21.6. The van der Waals surface area contributed by atoms with Crippen molar-refractivity contribution < 1.29 is 14.3 Å². The van der Waals surface area contributed by atoms with Gasteiger partial charge in [-0.3, -0.25) is 10.1 Å². The number of nitrogens with one attached hydrogen (secondary N) is 2. The van der Waals surface area contributed by atoms with Crippen LogP contribution in [0.15, 0.2) is 58.6 Å². The third-order valence-corrected chi connectivity index (χ3v) is 5.71. The number of likely N-dealkylation sites (N-methyl/N-ethyl adjacent to an activating group) is 1. The second-order valence-electron chi connectivity index (χ2n) is 7.51. The minimum Gasteiger partial charge on any atom is -0.497 e. The van der Waals surface area contributed by atoms with Gasteiger partial charge in [0, 0.05) is 18.6 Å². The number of benzene rings is 2. The van der Waals surface area contributed by atoms with Crippen molar-refractivity contribution in [3.63, 3.8) is 0 Å². The zero-order chi connectivity index (χ0) is 22.8. The molecule has 1 saturated heterocycles. The summed E-state index contributed by atoms with van der Waals surface area (Å²) in [4.78, 5) is 32.6. The molecular formula is C22H23ClN6O3. The van der Waals surface area contributed by atoms with Crippen molar-refractivity contribution in [2.24, 2.45) is 10.1 Å². The lowest BCUT2D eigenvalue weighted by Crippen LogP contribution is -2.63. The molecule has 2 aliphatic rings. The number of fused-ring (bicyclic) bond motifs is 1. The lowest BCUT2D eigenvalue weighted by atomic mass is 10.1. The number of nitrogens with zero attached hydrogens (tertiary/aromatic N) is 4. The maximum Gasteiger partial charge on any atom is 0.325 e. The van der Waals surface area contributed by atoms with Gasteiger partial charge in [0.25, 0.3) is 5.91 Å². The van der Waals surface area contributed by atoms with Crippen LogP contribution in [0, 0.1) is 0 Å². The molecule has 0 bridgehead atoms. The number of amides is 3. The van der Waals surface area contributed by atoms with E-state index in [1.54, 1.807) is 31.2 Å². The lowest BCUT2D eigenvalue weighted by molar-refractivity contribution is -0.127. The van der Waals surface area contributed by atoms with Crippen LogP contribution in [0.3, 0.4) is 0 Å². The summed E-state index contributed by atoms with van der Waals surface area (Å²) in [5.74, 6) is 0.759. The van der Waals surface area contributed by atoms with Crippen LogP contribution in [0.5, 0.6) is 5.75 Å². The Kier molecular flexibility index (Phi) is 6.00. The SMILES string of the molecule is COc1ccc(/C(C)=N\NC2=NC3C(C(=O)NC(=O)N3C)N2Cc2ccc(Cl)cc2)cc1. The van der Waals surface area contributed by atoms with Gasteiger partial charge in [0.1, 0.15) is 5.75 Å². The lowest BCUT2D eigenvalue weighted by Gasteiger charge is -2.36. The van der Waals surface area contributed by atoms with Crippen LogP contribution in [-0.2, 0) is 11.3 Å². The number of hydrazone groups is 1. The van der Waals surface area contributed by atoms with Crippen LogP contribution >= 0.6 is 11.6 Å². The summed E-state index contributed by atoms with van der Waals surface area (Å²) in [5.41, 5.74) is 5.56. The van der Waals surface area contributed by atoms with Gasteiger partial charge in [-0.25, -0.2) is 15.2 Å². The Balaban J connectivity index is 1.61. The fourth-order valence-corrected chi connectivity index (χ4v) is 3.74. The van der Waals surface area contributed by atoms with E-state index in [1.807, 2.05) is 43.3 Å². The van der Waals surface area contributed by atoms with E-state index in [4.69, 9.17) is 16.3 Å². The molecule has 2 atom stereocenters. The van der Waals surface area contributed by atoms with Crippen molar-refractivity contribution in [1.82, 2.24) is 20.5 Å². The van der Waals surface area contributed by atoms with Gasteiger partial charge in [0.2, 0.25) is 5.96 Å². The number of halogens is 1. The van der Waals surface area contributed by atoms with Crippen molar-refractivity contribution in [3.05, 3.63) is 64.7 Å². The predicted octanol–water partition coefficient (Wildman–Crippen LogP) is 2.41. The van der Waals surface area contributed by atoms with Gasteiger partial charge in [-0.1, -0.05) is 23.7 Å². The summed E-state index contributed by atoms with van der Waals surface area (Å²) in [5, 5.41) is 7.47. The minimum atomic E-state index is -0.674. The van der Waals surface area contributed by atoms with E-state index >= 15 is 0 Å². The topological polar surface area (TPSA) is 98.6 Å². The van der Waals surface area contributed by atoms with Crippen molar-refractivity contribution in [2.45, 2.75) is 25.7 Å². The van der Waals surface area contributed by atoms with Gasteiger partial charge in [-0.15, -0.1) is 0 Å². The average Bonchev–Trinajstić information content (AvgIpc) is 3.16. The summed E-state index contributed by atoms with van der Waals surface area (Å²) in [6.45, 7) is 2.25. The van der Waals surface area contributed by atoms with Gasteiger partial charge >= 0.3 is 6.03 Å². The molecule has 2 aliphatic heterocycles. The second-order valence-corrected chi connectivity index (χ2v) is 7.94. The number of methoxy groups -OCH3 is 1. The molecule has 0 saturated carbocycles. The van der Waals surface area contributed by atoms with E-state index in [-0.39, 0.29) is 0 Å². The van der Waals surface area contributed by atoms with E-state index in [1.165, 1.54) is 4.90 Å². The molecule has 2 aromatic carbocycles. The van der Waals surface area contributed by atoms with Crippen LogP contribution < -0.4 is 15.5 Å². The average molecular weight is 455 g/mol. The molecule has 4 rings (SSSR count). The van der Waals surface area contributed by atoms with Crippen LogP contribution in [0.1, 0.15) is 18.1 Å². The molecule has 166 valence electrons. The van der Waals surface area contributed by atoms with Gasteiger partial charge in [0.15, 0.2) is 12.2 Å². The molecule has 9 nitrogen and oxygen atoms in total. The molecule has 0 radical (unpaired) electrons. The molecule has 1 fully saturated rings. The molecule has 0 aromatic heterocycles. The van der Waals surface area contributed by atoms with Gasteiger partial charge in [-0.2, -0.15) is 5.10 Å². The number of urea groups is 1. The largest absolute Gasteiger partial charge is 0.497 e. The number of hydrogen-bond donors (Lipinski definition) is 2. The molecule has 10 heteroatoms. The Morgan fingerprint density at radius 2 is 1.88 bits per heavy atom. The number of rotatable bonds is 5. The number of imide groups is 1. The molecule has 2 aromatic rings. The molecule has 2 N–H and O–H groups in total. The molecule has 0 aliphatic carbocycles. The van der Waals surface area contributed by atoms with Crippen LogP contribution in [0.4, 0.5) is 4.79 Å². The van der Waals surface area contributed by atoms with E-state index in [0.717, 1.165) is 22.6 Å². The first-order valence-corrected chi connectivity index (χ1v) is 10.4. The fourth-order valence-electron chi connectivity index (χ4n) is 3.61. The third-order valence-electron chi connectivity index (χ3n) is 5.46. The highest BCUT2D eigenvalue weighted by molar-refractivity contribution is 6.30. The molecule has 2 heterocycles. The van der Waals surface area contributed by atoms with Crippen molar-refractivity contribution >= 4 is 35.2 Å². The third kappa shape index (κ3) is 4.24. The van der Waals surface area contributed by atoms with E-state index < -0.39 is 24.1 Å². The summed E-state index contributed by atoms with van der Waals surface area (Å²) < 4.78 is 5.19. The quantitative estimate of drug-likeness (QED) is 0.534. The standard InChI is InChI=1S/C22H23ClN6O3/c1-13(15-6-10-17(32-3)11-7-15)26-27-21-24-19-18(20(30)25-22(31)28(19)2)29(21)12-14-4-8-16(23)9-5-14/h4-11,18-19H,12H2,1-3H3,(H,24,27)(H,25,30,31)/b26-13-. The number of guanidine groups is 1. The number of carbonyl (C=O) groups is 2. The van der Waals surface area contributed by atoms with E-state index in [9.17, 15) is 9.59 Å². The summed E-state index contributed by atoms with van der Waals surface area (Å²) in [6.07, 6.45) is -0.650. The highest BCUT2D eigenvalue weighted by atomic mass is 35.5. The van der Waals surface area contributed by atoms with Crippen molar-refractivity contribution in [3.8, 4) is 5.75 Å². The van der Waals surface area contributed by atoms with Crippen LogP contribution in [0.2, 0.25) is 5.02 Å². The molecule has 32 heavy (non-hydrogen) atoms. The van der Waals surface area contributed by atoms with Gasteiger partial charge < -0.3 is 14.5 Å². The Bertz CT molecular complexity index is 1080. The monoisotopic (exact) mass is 454 g/mol. The van der Waals surface area contributed by atoms with Gasteiger partial charge in [0.05, 0.1) is 12.8 Å². The van der Waals surface area contributed by atoms with E-state index in [0.29, 0.717) is 17.5 Å². The first-order valence-electron chi connectivity index (χ1n) is 9.98. The Morgan fingerprint density at radius 1 is 1.19 bits per heavy atom. The van der Waals surface area contributed by atoms with Crippen LogP contribution in [-0.4, -0.2) is 59.8 Å².